The largest absolute Gasteiger partial charge is 0.504 e. The van der Waals surface area contributed by atoms with Crippen LogP contribution in [0.3, 0.4) is 0 Å². The number of nitrogens with one attached hydrogen (secondary N) is 2. The maximum absolute atomic E-state index is 9.54. The molecular formula is C17H19N3O3S. The topological polar surface area (TPSA) is 75.1 Å². The van der Waals surface area contributed by atoms with Gasteiger partial charge in [-0.3, -0.25) is 5.43 Å². The minimum atomic E-state index is 0.0827. The number of benzene rings is 2. The number of thiocarbonyl (C=S) groups is 1. The van der Waals surface area contributed by atoms with E-state index >= 15 is 0 Å². The maximum Gasteiger partial charge on any atom is 0.187 e. The molecule has 0 aliphatic heterocycles. The standard InChI is InChI=1S/C17H19N3O3S/c1-22-14-6-3-12(4-7-14)10-18-17(24)20-19-11-13-5-8-15(21)16(9-13)23-2/h3-9,11,21H,10H2,1-2H3,(H2,18,20,24)/b19-11+. The molecule has 0 unspecified atom stereocenters. The number of phenols is 1. The van der Waals surface area contributed by atoms with E-state index in [4.69, 9.17) is 21.7 Å². The summed E-state index contributed by atoms with van der Waals surface area (Å²) in [4.78, 5) is 0. The summed E-state index contributed by atoms with van der Waals surface area (Å²) in [7, 11) is 3.13. The molecule has 0 aliphatic rings. The molecule has 24 heavy (non-hydrogen) atoms. The van der Waals surface area contributed by atoms with E-state index in [1.807, 2.05) is 24.3 Å². The molecule has 7 heteroatoms. The fraction of sp³-hybridized carbons (Fsp3) is 0.176. The van der Waals surface area contributed by atoms with E-state index < -0.39 is 0 Å². The zero-order valence-electron chi connectivity index (χ0n) is 13.4. The van der Waals surface area contributed by atoms with Crippen LogP contribution in [0.4, 0.5) is 0 Å². The Morgan fingerprint density at radius 2 is 1.92 bits per heavy atom. The second-order valence-corrected chi connectivity index (χ2v) is 5.24. The number of nitrogens with zero attached hydrogens (tertiary/aromatic N) is 1. The number of aromatic hydroxyl groups is 1. The number of hydrogen-bond donors (Lipinski definition) is 3. The monoisotopic (exact) mass is 345 g/mol. The molecule has 0 aliphatic carbocycles. The van der Waals surface area contributed by atoms with Crippen molar-refractivity contribution >= 4 is 23.5 Å². The molecule has 0 saturated heterocycles. The van der Waals surface area contributed by atoms with Gasteiger partial charge in [-0.1, -0.05) is 12.1 Å². The van der Waals surface area contributed by atoms with E-state index in [1.54, 1.807) is 31.5 Å². The number of hydrazone groups is 1. The Bertz CT molecular complexity index is 718. The van der Waals surface area contributed by atoms with Crippen LogP contribution in [-0.4, -0.2) is 30.7 Å². The minimum absolute atomic E-state index is 0.0827. The zero-order valence-corrected chi connectivity index (χ0v) is 14.3. The summed E-state index contributed by atoms with van der Waals surface area (Å²) in [6, 6.07) is 12.6. The third-order valence-electron chi connectivity index (χ3n) is 3.20. The van der Waals surface area contributed by atoms with Crippen LogP contribution in [0.5, 0.6) is 17.2 Å². The molecule has 2 aromatic rings. The van der Waals surface area contributed by atoms with Crippen molar-refractivity contribution in [3.05, 3.63) is 53.6 Å². The van der Waals surface area contributed by atoms with Crippen molar-refractivity contribution in [1.82, 2.24) is 10.7 Å². The Hall–Kier alpha value is -2.80. The van der Waals surface area contributed by atoms with Gasteiger partial charge in [0.15, 0.2) is 16.6 Å². The van der Waals surface area contributed by atoms with E-state index in [1.165, 1.54) is 7.11 Å². The van der Waals surface area contributed by atoms with Crippen LogP contribution in [-0.2, 0) is 6.54 Å². The highest BCUT2D eigenvalue weighted by Gasteiger charge is 2.01. The average molecular weight is 345 g/mol. The van der Waals surface area contributed by atoms with Crippen molar-refractivity contribution in [2.45, 2.75) is 6.54 Å². The van der Waals surface area contributed by atoms with Gasteiger partial charge in [0.25, 0.3) is 0 Å². The predicted octanol–water partition coefficient (Wildman–Crippen LogP) is 2.41. The predicted molar refractivity (Wildman–Crippen MR) is 97.8 cm³/mol. The molecule has 0 atom stereocenters. The molecule has 0 aromatic heterocycles. The van der Waals surface area contributed by atoms with Crippen LogP contribution >= 0.6 is 12.2 Å². The number of ether oxygens (including phenoxy) is 2. The zero-order chi connectivity index (χ0) is 17.4. The van der Waals surface area contributed by atoms with Gasteiger partial charge in [-0.05, 0) is 53.7 Å². The molecule has 2 rings (SSSR count). The van der Waals surface area contributed by atoms with Crippen LogP contribution in [0.25, 0.3) is 0 Å². The number of methoxy groups -OCH3 is 2. The summed E-state index contributed by atoms with van der Waals surface area (Å²) in [6.45, 7) is 0.582. The molecule has 2 aromatic carbocycles. The second kappa shape index (κ2) is 8.73. The van der Waals surface area contributed by atoms with Crippen molar-refractivity contribution in [2.75, 3.05) is 14.2 Å². The SMILES string of the molecule is COc1ccc(CNC(=S)N/N=C/c2ccc(O)c(OC)c2)cc1. The van der Waals surface area contributed by atoms with Crippen LogP contribution in [0.15, 0.2) is 47.6 Å². The van der Waals surface area contributed by atoms with Crippen LogP contribution in [0.2, 0.25) is 0 Å². The van der Waals surface area contributed by atoms with Crippen molar-refractivity contribution in [3.8, 4) is 17.2 Å². The number of hydrogen-bond acceptors (Lipinski definition) is 5. The molecule has 0 saturated carbocycles. The normalized spacial score (nSPS) is 10.4. The molecule has 0 spiro atoms. The molecule has 6 nitrogen and oxygen atoms in total. The fourth-order valence-electron chi connectivity index (χ4n) is 1.91. The van der Waals surface area contributed by atoms with Gasteiger partial charge in [0.2, 0.25) is 0 Å². The second-order valence-electron chi connectivity index (χ2n) is 4.83. The van der Waals surface area contributed by atoms with E-state index in [2.05, 4.69) is 15.8 Å². The lowest BCUT2D eigenvalue weighted by molar-refractivity contribution is 0.373. The first kappa shape index (κ1) is 17.6. The lowest BCUT2D eigenvalue weighted by atomic mass is 10.2. The van der Waals surface area contributed by atoms with Crippen LogP contribution < -0.4 is 20.2 Å². The van der Waals surface area contributed by atoms with Gasteiger partial charge in [0, 0.05) is 6.54 Å². The fourth-order valence-corrected chi connectivity index (χ4v) is 2.03. The van der Waals surface area contributed by atoms with Gasteiger partial charge in [0.05, 0.1) is 20.4 Å². The third kappa shape index (κ3) is 5.13. The highest BCUT2D eigenvalue weighted by molar-refractivity contribution is 7.80. The Labute approximate surface area is 146 Å². The van der Waals surface area contributed by atoms with E-state index in [0.717, 1.165) is 16.9 Å². The van der Waals surface area contributed by atoms with Crippen molar-refractivity contribution in [2.24, 2.45) is 5.10 Å². The summed E-state index contributed by atoms with van der Waals surface area (Å²) >= 11 is 5.16. The summed E-state index contributed by atoms with van der Waals surface area (Å²) in [6.07, 6.45) is 1.59. The molecule has 0 bridgehead atoms. The van der Waals surface area contributed by atoms with Crippen LogP contribution in [0, 0.1) is 0 Å². The summed E-state index contributed by atoms with van der Waals surface area (Å²) in [5.41, 5.74) is 4.59. The lowest BCUT2D eigenvalue weighted by Gasteiger charge is -2.08. The van der Waals surface area contributed by atoms with E-state index in [0.29, 0.717) is 17.4 Å². The first-order chi connectivity index (χ1) is 11.6. The summed E-state index contributed by atoms with van der Waals surface area (Å²) in [5.74, 6) is 1.28. The lowest BCUT2D eigenvalue weighted by Crippen LogP contribution is -2.31. The smallest absolute Gasteiger partial charge is 0.187 e. The van der Waals surface area contributed by atoms with Gasteiger partial charge in [-0.25, -0.2) is 0 Å². The molecule has 0 heterocycles. The van der Waals surface area contributed by atoms with Crippen molar-refractivity contribution in [3.63, 3.8) is 0 Å². The Morgan fingerprint density at radius 1 is 1.17 bits per heavy atom. The Balaban J connectivity index is 1.81. The van der Waals surface area contributed by atoms with E-state index in [-0.39, 0.29) is 5.75 Å². The molecular weight excluding hydrogens is 326 g/mol. The van der Waals surface area contributed by atoms with Gasteiger partial charge >= 0.3 is 0 Å². The highest BCUT2D eigenvalue weighted by Crippen LogP contribution is 2.25. The molecule has 126 valence electrons. The average Bonchev–Trinajstić information content (AvgIpc) is 2.61. The van der Waals surface area contributed by atoms with Crippen molar-refractivity contribution in [1.29, 1.82) is 0 Å². The number of phenolic OH excluding ortho intramolecular Hbond substituents is 1. The first-order valence-electron chi connectivity index (χ1n) is 7.19. The first-order valence-corrected chi connectivity index (χ1v) is 7.60. The molecule has 0 amide bonds. The van der Waals surface area contributed by atoms with Gasteiger partial charge in [-0.15, -0.1) is 0 Å². The molecule has 0 radical (unpaired) electrons. The van der Waals surface area contributed by atoms with E-state index in [9.17, 15) is 5.11 Å². The highest BCUT2D eigenvalue weighted by atomic mass is 32.1. The Kier molecular flexibility index (Phi) is 6.39. The molecule has 0 fully saturated rings. The minimum Gasteiger partial charge on any atom is -0.504 e. The Morgan fingerprint density at radius 3 is 2.58 bits per heavy atom. The van der Waals surface area contributed by atoms with Gasteiger partial charge in [-0.2, -0.15) is 5.10 Å². The van der Waals surface area contributed by atoms with Gasteiger partial charge < -0.3 is 19.9 Å². The van der Waals surface area contributed by atoms with Crippen LogP contribution in [0.1, 0.15) is 11.1 Å². The van der Waals surface area contributed by atoms with Gasteiger partial charge in [0.1, 0.15) is 5.75 Å². The maximum atomic E-state index is 9.54. The number of rotatable bonds is 6. The molecule has 3 N–H and O–H groups in total. The quantitative estimate of drug-likeness (QED) is 0.424. The van der Waals surface area contributed by atoms with Crippen molar-refractivity contribution < 1.29 is 14.6 Å². The third-order valence-corrected chi connectivity index (χ3v) is 3.43. The summed E-state index contributed by atoms with van der Waals surface area (Å²) < 4.78 is 10.1. The summed E-state index contributed by atoms with van der Waals surface area (Å²) in [5, 5.41) is 17.1.